The highest BCUT2D eigenvalue weighted by Crippen LogP contribution is 2.35. The molecule has 3 N–H and O–H groups in total. The second kappa shape index (κ2) is 7.41. The van der Waals surface area contributed by atoms with Crippen molar-refractivity contribution in [2.24, 2.45) is 5.92 Å². The molecule has 0 aliphatic rings. The van der Waals surface area contributed by atoms with Crippen molar-refractivity contribution in [1.29, 1.82) is 0 Å². The molecule has 0 saturated carbocycles. The Hall–Kier alpha value is -3.23. The van der Waals surface area contributed by atoms with Gasteiger partial charge in [-0.05, 0) is 30.2 Å². The molecule has 1 amide bonds. The number of halogens is 3. The third kappa shape index (κ3) is 4.03. The van der Waals surface area contributed by atoms with E-state index in [4.69, 9.17) is 14.7 Å². The average molecular weight is 393 g/mol. The highest BCUT2D eigenvalue weighted by molar-refractivity contribution is 6.03. The fraction of sp³-hybridized carbons (Fsp3) is 0.263. The molecule has 0 aliphatic carbocycles. The minimum absolute atomic E-state index is 0.0191. The number of aromatic nitrogens is 1. The summed E-state index contributed by atoms with van der Waals surface area (Å²) < 4.78 is 49.3. The second-order valence-electron chi connectivity index (χ2n) is 6.62. The topological polar surface area (TPSA) is 94.3 Å². The molecule has 0 aliphatic heterocycles. The van der Waals surface area contributed by atoms with Gasteiger partial charge in [0.15, 0.2) is 11.5 Å². The number of nitrogen functional groups attached to an aromatic ring is 1. The molecule has 0 fully saturated rings. The number of carbonyl (C=O) groups is 1. The summed E-state index contributed by atoms with van der Waals surface area (Å²) in [5.74, 6) is -0.0730. The molecule has 0 spiro atoms. The monoisotopic (exact) mass is 393 g/mol. The third-order valence-corrected chi connectivity index (χ3v) is 3.93. The Morgan fingerprint density at radius 1 is 1.21 bits per heavy atom. The Labute approximate surface area is 158 Å². The molecule has 0 saturated heterocycles. The molecule has 3 aromatic rings. The van der Waals surface area contributed by atoms with Crippen molar-refractivity contribution >= 4 is 11.8 Å². The van der Waals surface area contributed by atoms with Crippen molar-refractivity contribution in [2.75, 3.05) is 12.3 Å². The van der Waals surface area contributed by atoms with E-state index in [1.807, 2.05) is 13.8 Å². The maximum atomic E-state index is 12.9. The number of hydrogen-bond acceptors (Lipinski definition) is 5. The molecule has 0 bridgehead atoms. The van der Waals surface area contributed by atoms with Crippen LogP contribution >= 0.6 is 0 Å². The van der Waals surface area contributed by atoms with Crippen LogP contribution in [0, 0.1) is 5.92 Å². The number of nitrogens with two attached hydrogens (primary N) is 1. The minimum Gasteiger partial charge on any atom is -0.454 e. The van der Waals surface area contributed by atoms with Crippen molar-refractivity contribution in [1.82, 2.24) is 10.5 Å². The van der Waals surface area contributed by atoms with Crippen molar-refractivity contribution < 1.29 is 26.9 Å². The van der Waals surface area contributed by atoms with Crippen LogP contribution < -0.4 is 11.1 Å². The lowest BCUT2D eigenvalue weighted by Gasteiger charge is -2.07. The van der Waals surface area contributed by atoms with Gasteiger partial charge in [0.1, 0.15) is 11.3 Å². The molecule has 2 aromatic heterocycles. The van der Waals surface area contributed by atoms with Gasteiger partial charge < -0.3 is 20.0 Å². The lowest BCUT2D eigenvalue weighted by Crippen LogP contribution is -2.28. The number of amides is 1. The average Bonchev–Trinajstić information content (AvgIpc) is 3.25. The number of nitrogens with zero attached hydrogens (tertiary/aromatic N) is 1. The lowest BCUT2D eigenvalue weighted by molar-refractivity contribution is -0.137. The number of alkyl halides is 3. The van der Waals surface area contributed by atoms with Crippen LogP contribution in [0.25, 0.3) is 22.8 Å². The minimum atomic E-state index is -4.46. The fourth-order valence-corrected chi connectivity index (χ4v) is 2.54. The number of furan rings is 1. The first-order chi connectivity index (χ1) is 13.2. The third-order valence-electron chi connectivity index (χ3n) is 3.93. The van der Waals surface area contributed by atoms with Crippen LogP contribution in [0.4, 0.5) is 19.1 Å². The first-order valence-corrected chi connectivity index (χ1v) is 8.48. The van der Waals surface area contributed by atoms with E-state index >= 15 is 0 Å². The van der Waals surface area contributed by atoms with Crippen LogP contribution in [-0.4, -0.2) is 17.6 Å². The zero-order valence-corrected chi connectivity index (χ0v) is 15.1. The molecule has 148 valence electrons. The van der Waals surface area contributed by atoms with Crippen LogP contribution in [0.1, 0.15) is 29.8 Å². The van der Waals surface area contributed by atoms with Gasteiger partial charge in [0.25, 0.3) is 5.91 Å². The van der Waals surface area contributed by atoms with Gasteiger partial charge >= 0.3 is 6.18 Å². The highest BCUT2D eigenvalue weighted by atomic mass is 19.4. The number of nitrogens with one attached hydrogen (secondary N) is 1. The summed E-state index contributed by atoms with van der Waals surface area (Å²) in [6.07, 6.45) is -4.46. The van der Waals surface area contributed by atoms with E-state index in [2.05, 4.69) is 10.5 Å². The van der Waals surface area contributed by atoms with Gasteiger partial charge in [0.2, 0.25) is 5.88 Å². The number of rotatable bonds is 5. The summed E-state index contributed by atoms with van der Waals surface area (Å²) in [4.78, 5) is 12.4. The Bertz CT molecular complexity index is 990. The van der Waals surface area contributed by atoms with Crippen LogP contribution in [-0.2, 0) is 6.18 Å². The van der Waals surface area contributed by atoms with Crippen molar-refractivity contribution in [3.05, 3.63) is 47.5 Å². The first-order valence-electron chi connectivity index (χ1n) is 8.48. The highest BCUT2D eigenvalue weighted by Gasteiger charge is 2.31. The normalized spacial score (nSPS) is 11.8. The molecule has 3 rings (SSSR count). The van der Waals surface area contributed by atoms with Crippen molar-refractivity contribution in [3.63, 3.8) is 0 Å². The van der Waals surface area contributed by atoms with Crippen LogP contribution in [0.3, 0.4) is 0 Å². The van der Waals surface area contributed by atoms with E-state index < -0.39 is 17.6 Å². The Kier molecular flexibility index (Phi) is 5.17. The van der Waals surface area contributed by atoms with Crippen LogP contribution in [0.2, 0.25) is 0 Å². The molecule has 9 heteroatoms. The summed E-state index contributed by atoms with van der Waals surface area (Å²) in [5, 5.41) is 6.48. The number of anilines is 1. The predicted octanol–water partition coefficient (Wildman–Crippen LogP) is 4.59. The molecule has 2 heterocycles. The zero-order chi connectivity index (χ0) is 20.5. The summed E-state index contributed by atoms with van der Waals surface area (Å²) in [5.41, 5.74) is 5.26. The Morgan fingerprint density at radius 3 is 2.61 bits per heavy atom. The smallest absolute Gasteiger partial charge is 0.416 e. The molecule has 0 radical (unpaired) electrons. The standard InChI is InChI=1S/C19H18F3N3O3/c1-10(2)9-24-18(26)15-16(25-28-17(15)23)14-7-6-13(27-14)11-4-3-5-12(8-11)19(20,21)22/h3-8,10H,9,23H2,1-2H3,(H,24,26). The van der Waals surface area contributed by atoms with Gasteiger partial charge in [-0.3, -0.25) is 4.79 Å². The summed E-state index contributed by atoms with van der Waals surface area (Å²) in [7, 11) is 0. The van der Waals surface area contributed by atoms with Gasteiger partial charge in [-0.1, -0.05) is 31.1 Å². The van der Waals surface area contributed by atoms with Gasteiger partial charge in [0, 0.05) is 12.1 Å². The number of benzene rings is 1. The lowest BCUT2D eigenvalue weighted by atomic mass is 10.1. The fourth-order valence-electron chi connectivity index (χ4n) is 2.54. The SMILES string of the molecule is CC(C)CNC(=O)c1c(-c2ccc(-c3cccc(C(F)(F)F)c3)o2)noc1N. The molecular formula is C19H18F3N3O3. The van der Waals surface area contributed by atoms with E-state index in [0.29, 0.717) is 6.54 Å². The largest absolute Gasteiger partial charge is 0.454 e. The van der Waals surface area contributed by atoms with Crippen LogP contribution in [0.15, 0.2) is 45.3 Å². The molecule has 28 heavy (non-hydrogen) atoms. The van der Waals surface area contributed by atoms with Gasteiger partial charge in [0.05, 0.1) is 5.56 Å². The quantitative estimate of drug-likeness (QED) is 0.661. The van der Waals surface area contributed by atoms with E-state index in [9.17, 15) is 18.0 Å². The van der Waals surface area contributed by atoms with Gasteiger partial charge in [-0.2, -0.15) is 13.2 Å². The van der Waals surface area contributed by atoms with Crippen LogP contribution in [0.5, 0.6) is 0 Å². The second-order valence-corrected chi connectivity index (χ2v) is 6.62. The van der Waals surface area contributed by atoms with Gasteiger partial charge in [-0.15, -0.1) is 0 Å². The van der Waals surface area contributed by atoms with Crippen molar-refractivity contribution in [2.45, 2.75) is 20.0 Å². The zero-order valence-electron chi connectivity index (χ0n) is 15.1. The molecule has 1 aromatic carbocycles. The molecular weight excluding hydrogens is 375 g/mol. The Morgan fingerprint density at radius 2 is 1.93 bits per heavy atom. The molecule has 0 unspecified atom stereocenters. The number of hydrogen-bond donors (Lipinski definition) is 2. The summed E-state index contributed by atoms with van der Waals surface area (Å²) in [6, 6.07) is 7.72. The van der Waals surface area contributed by atoms with E-state index in [-0.39, 0.29) is 40.1 Å². The summed E-state index contributed by atoms with van der Waals surface area (Å²) >= 11 is 0. The first kappa shape index (κ1) is 19.5. The van der Waals surface area contributed by atoms with E-state index in [0.717, 1.165) is 12.1 Å². The Balaban J connectivity index is 1.93. The van der Waals surface area contributed by atoms with Gasteiger partial charge in [-0.25, -0.2) is 0 Å². The van der Waals surface area contributed by atoms with E-state index in [1.165, 1.54) is 24.3 Å². The number of carbonyl (C=O) groups excluding carboxylic acids is 1. The summed E-state index contributed by atoms with van der Waals surface area (Å²) in [6.45, 7) is 4.30. The molecule has 6 nitrogen and oxygen atoms in total. The predicted molar refractivity (Wildman–Crippen MR) is 96.2 cm³/mol. The maximum Gasteiger partial charge on any atom is 0.416 e. The van der Waals surface area contributed by atoms with Crippen molar-refractivity contribution in [3.8, 4) is 22.8 Å². The molecule has 0 atom stereocenters. The maximum absolute atomic E-state index is 12.9. The van der Waals surface area contributed by atoms with E-state index in [1.54, 1.807) is 0 Å².